The van der Waals surface area contributed by atoms with Gasteiger partial charge in [0.1, 0.15) is 34.5 Å². The van der Waals surface area contributed by atoms with Crippen molar-refractivity contribution in [3.8, 4) is 34.5 Å². The Kier molecular flexibility index (Phi) is 24.9. The van der Waals surface area contributed by atoms with Crippen LogP contribution in [0.4, 0.5) is 0 Å². The quantitative estimate of drug-likeness (QED) is 0.0468. The second kappa shape index (κ2) is 31.4. The highest BCUT2D eigenvalue weighted by Crippen LogP contribution is 2.42. The average molecular weight is 1290 g/mol. The van der Waals surface area contributed by atoms with Crippen LogP contribution in [-0.4, -0.2) is 81.4 Å². The number of phenolic OH excluding ortho intramolecular Hbond substituents is 4. The van der Waals surface area contributed by atoms with Gasteiger partial charge in [0.15, 0.2) is 0 Å². The summed E-state index contributed by atoms with van der Waals surface area (Å²) in [6, 6.07) is 14.9. The molecule has 0 spiro atoms. The Balaban J connectivity index is 1.00. The van der Waals surface area contributed by atoms with Crippen LogP contribution in [-0.2, 0) is 42.1 Å². The highest BCUT2D eigenvalue weighted by atomic mass is 16.5. The minimum Gasteiger partial charge on any atom is -0.507 e. The number of benzene rings is 4. The van der Waals surface area contributed by atoms with E-state index in [4.69, 9.17) is 29.4 Å². The number of hydrogen-bond donors (Lipinski definition) is 4. The number of ether oxygens (including phenoxy) is 2. The van der Waals surface area contributed by atoms with Gasteiger partial charge in [-0.15, -0.1) is 0 Å². The first-order chi connectivity index (χ1) is 43.9. The Morgan fingerprint density at radius 3 is 0.883 bits per heavy atom. The first-order valence-corrected chi connectivity index (χ1v) is 35.3. The molecule has 4 aromatic rings. The molecule has 3 aliphatic rings. The lowest BCUT2D eigenvalue weighted by atomic mass is 9.79. The number of rotatable bonds is 12. The largest absolute Gasteiger partial charge is 0.507 e. The van der Waals surface area contributed by atoms with E-state index < -0.39 is 10.8 Å². The fraction of sp³-hybridized carbons (Fsp3) is 0.585. The van der Waals surface area contributed by atoms with Gasteiger partial charge in [0.2, 0.25) is 0 Å². The molecule has 512 valence electrons. The lowest BCUT2D eigenvalue weighted by Crippen LogP contribution is -2.27. The maximum Gasteiger partial charge on any atom is 0.314 e. The highest BCUT2D eigenvalue weighted by molar-refractivity contribution is 5.89. The SMILES string of the molecule is CC(C)(C)c1cc(C=N[C@@H]2CCCC[C@H]2N=Cc2cc(OC(=O)C3CC/C=C/CCCC(C(=O)Oc4cc(C=N[C@@H]5CCCC[C@H]5N=Cc5cc(C(C)(C)C)cc(C(C)(C)C)c5O)c(O)c(C(C)(C)C)c4)CC/C=C/CCC3)cc(C(C)(C)C)c2O)c(O)c(C(C)(C)C)c1. The van der Waals surface area contributed by atoms with Crippen molar-refractivity contribution in [2.45, 2.75) is 297 Å². The number of phenols is 4. The molecule has 0 amide bonds. The Hall–Kier alpha value is -6.82. The smallest absolute Gasteiger partial charge is 0.314 e. The zero-order chi connectivity index (χ0) is 69.1. The molecule has 2 saturated carbocycles. The van der Waals surface area contributed by atoms with Crippen molar-refractivity contribution >= 4 is 36.8 Å². The molecule has 4 N–H and O–H groups in total. The van der Waals surface area contributed by atoms with Crippen molar-refractivity contribution < 1.29 is 39.5 Å². The van der Waals surface area contributed by atoms with E-state index in [0.29, 0.717) is 83.4 Å². The van der Waals surface area contributed by atoms with Crippen LogP contribution < -0.4 is 9.47 Å². The van der Waals surface area contributed by atoms with Crippen LogP contribution in [0, 0.1) is 11.8 Å². The molecule has 4 aromatic carbocycles. The van der Waals surface area contributed by atoms with Crippen LogP contribution in [0.15, 0.2) is 92.8 Å². The third kappa shape index (κ3) is 20.6. The first kappa shape index (κ1) is 74.6. The summed E-state index contributed by atoms with van der Waals surface area (Å²) in [6.45, 7) is 38.0. The average Bonchev–Trinajstić information content (AvgIpc) is 0.812. The molecular formula is C82H116N4O8. The highest BCUT2D eigenvalue weighted by Gasteiger charge is 2.32. The molecule has 0 heterocycles. The second-order valence-electron chi connectivity index (χ2n) is 33.4. The second-order valence-corrected chi connectivity index (χ2v) is 33.4. The predicted octanol–water partition coefficient (Wildman–Crippen LogP) is 19.8. The molecular weight excluding hydrogens is 1170 g/mol. The molecule has 12 heteroatoms. The molecule has 7 rings (SSSR count). The topological polar surface area (TPSA) is 183 Å². The van der Waals surface area contributed by atoms with E-state index in [1.54, 1.807) is 36.7 Å². The normalized spacial score (nSPS) is 22.3. The van der Waals surface area contributed by atoms with E-state index in [-0.39, 0.29) is 92.6 Å². The number of aromatic hydroxyl groups is 4. The Labute approximate surface area is 565 Å². The maximum absolute atomic E-state index is 14.3. The molecule has 0 bridgehead atoms. The van der Waals surface area contributed by atoms with Crippen LogP contribution in [0.2, 0.25) is 0 Å². The lowest BCUT2D eigenvalue weighted by Gasteiger charge is -2.28. The molecule has 94 heavy (non-hydrogen) atoms. The predicted molar refractivity (Wildman–Crippen MR) is 390 cm³/mol. The van der Waals surface area contributed by atoms with Crippen molar-refractivity contribution in [1.82, 2.24) is 0 Å². The zero-order valence-electron chi connectivity index (χ0n) is 60.6. The fourth-order valence-corrected chi connectivity index (χ4v) is 13.0. The maximum atomic E-state index is 14.3. The minimum atomic E-state index is -0.464. The van der Waals surface area contributed by atoms with Crippen molar-refractivity contribution in [2.24, 2.45) is 31.8 Å². The van der Waals surface area contributed by atoms with E-state index in [1.165, 1.54) is 0 Å². The standard InChI is InChI=1S/C82H116N4O8/c1-77(2,3)59-41-55(71(87)63(45-59)79(7,8)9)49-83-67-37-29-31-39-69(67)85-51-57-43-61(47-65(73(57)89)81(13,14)15)93-75(91)53-33-25-21-19-23-27-35-54(36-28-24-20-22-26-34-53)76(92)94-62-44-58(74(90)66(48-62)82(16,17)18)52-86-70-40-32-30-38-68(70)84-50-56-42-60(78(4,5)6)46-64(72(56)88)80(10,11)12/h19-21,24,41-54,67-70,87-90H,22-23,25-40H2,1-18H3/b21-19+,24-20+,83-49?,84-50?,85-51?,86-52?/t53?,54?,67-,68-,69-,70-/m1/s1. The fourth-order valence-electron chi connectivity index (χ4n) is 13.0. The Morgan fingerprint density at radius 2 is 0.606 bits per heavy atom. The van der Waals surface area contributed by atoms with E-state index in [9.17, 15) is 30.0 Å². The third-order valence-corrected chi connectivity index (χ3v) is 19.1. The van der Waals surface area contributed by atoms with Crippen molar-refractivity contribution in [1.29, 1.82) is 0 Å². The van der Waals surface area contributed by atoms with Gasteiger partial charge >= 0.3 is 11.9 Å². The van der Waals surface area contributed by atoms with Gasteiger partial charge in [-0.3, -0.25) is 29.6 Å². The van der Waals surface area contributed by atoms with Gasteiger partial charge in [-0.05, 0) is 170 Å². The summed E-state index contributed by atoms with van der Waals surface area (Å²) in [6.07, 6.45) is 30.2. The summed E-state index contributed by atoms with van der Waals surface area (Å²) < 4.78 is 12.6. The van der Waals surface area contributed by atoms with Gasteiger partial charge in [-0.1, -0.05) is 187 Å². The number of carbonyl (C=O) groups is 2. The molecule has 0 saturated heterocycles. The molecule has 2 unspecified atom stereocenters. The number of esters is 2. The molecule has 3 aliphatic carbocycles. The van der Waals surface area contributed by atoms with Crippen LogP contribution >= 0.6 is 0 Å². The molecule has 2 fully saturated rings. The van der Waals surface area contributed by atoms with E-state index in [2.05, 4.69) is 132 Å². The van der Waals surface area contributed by atoms with Crippen molar-refractivity contribution in [3.63, 3.8) is 0 Å². The number of allylic oxidation sites excluding steroid dienone is 4. The van der Waals surface area contributed by atoms with Gasteiger partial charge in [-0.25, -0.2) is 0 Å². The van der Waals surface area contributed by atoms with Crippen LogP contribution in [0.25, 0.3) is 0 Å². The van der Waals surface area contributed by atoms with Gasteiger partial charge in [0.25, 0.3) is 0 Å². The van der Waals surface area contributed by atoms with Crippen LogP contribution in [0.5, 0.6) is 34.5 Å². The number of nitrogens with zero attached hydrogens (tertiary/aromatic N) is 4. The summed E-state index contributed by atoms with van der Waals surface area (Å²) in [5.74, 6) is 0.235. The summed E-state index contributed by atoms with van der Waals surface area (Å²) in [5.41, 5.74) is 6.11. The van der Waals surface area contributed by atoms with Crippen LogP contribution in [0.1, 0.15) is 296 Å². The van der Waals surface area contributed by atoms with Crippen molar-refractivity contribution in [3.05, 3.63) is 128 Å². The minimum absolute atomic E-state index is 0.111. The molecule has 12 nitrogen and oxygen atoms in total. The lowest BCUT2D eigenvalue weighted by molar-refractivity contribution is -0.140. The summed E-state index contributed by atoms with van der Waals surface area (Å²) in [4.78, 5) is 48.9. The monoisotopic (exact) mass is 1280 g/mol. The summed E-state index contributed by atoms with van der Waals surface area (Å²) >= 11 is 0. The number of aliphatic imine (C=N–C) groups is 4. The molecule has 0 aromatic heterocycles. The molecule has 0 aliphatic heterocycles. The summed E-state index contributed by atoms with van der Waals surface area (Å²) in [5, 5.41) is 46.6. The van der Waals surface area contributed by atoms with Gasteiger partial charge in [0, 0.05) is 69.4 Å². The molecule has 6 atom stereocenters. The zero-order valence-corrected chi connectivity index (χ0v) is 60.6. The third-order valence-electron chi connectivity index (χ3n) is 19.1. The number of hydrogen-bond acceptors (Lipinski definition) is 12. The van der Waals surface area contributed by atoms with E-state index in [0.717, 1.165) is 99.3 Å². The Morgan fingerprint density at radius 1 is 0.340 bits per heavy atom. The van der Waals surface area contributed by atoms with Gasteiger partial charge in [-0.2, -0.15) is 0 Å². The first-order valence-electron chi connectivity index (χ1n) is 35.3. The van der Waals surface area contributed by atoms with Crippen LogP contribution in [0.3, 0.4) is 0 Å². The molecule has 0 radical (unpaired) electrons. The van der Waals surface area contributed by atoms with E-state index >= 15 is 0 Å². The number of carbonyl (C=O) groups excluding carboxylic acids is 2. The van der Waals surface area contributed by atoms with Gasteiger partial charge in [0.05, 0.1) is 36.0 Å². The Bertz CT molecular complexity index is 3220. The van der Waals surface area contributed by atoms with Crippen molar-refractivity contribution in [2.75, 3.05) is 0 Å². The van der Waals surface area contributed by atoms with E-state index in [1.807, 2.05) is 54.0 Å². The summed E-state index contributed by atoms with van der Waals surface area (Å²) in [7, 11) is 0. The van der Waals surface area contributed by atoms with Gasteiger partial charge < -0.3 is 29.9 Å².